The fourth-order valence-electron chi connectivity index (χ4n) is 3.43. The quantitative estimate of drug-likeness (QED) is 0.668. The standard InChI is InChI=1S/C21H22N6O/c1-3-12-4-5-24-10-16(12)18-7-13-8-19(25-11-17(13)20(22)26-18)27-21(28)15-6-14(15)9-23-2/h4-5,7-11,14-15H,3,6H2,1-2H3,(H2,22,26)(H,25,27,28)/b23-9-/t14-,15+/m1/s1. The van der Waals surface area contributed by atoms with E-state index in [1.165, 1.54) is 0 Å². The lowest BCUT2D eigenvalue weighted by Gasteiger charge is -2.11. The summed E-state index contributed by atoms with van der Waals surface area (Å²) in [5.74, 6) is 1.09. The Morgan fingerprint density at radius 1 is 1.39 bits per heavy atom. The number of carbonyl (C=O) groups excluding carboxylic acids is 1. The van der Waals surface area contributed by atoms with E-state index in [4.69, 9.17) is 5.73 Å². The Balaban J connectivity index is 1.66. The van der Waals surface area contributed by atoms with Gasteiger partial charge in [0.2, 0.25) is 5.91 Å². The highest BCUT2D eigenvalue weighted by atomic mass is 16.2. The lowest BCUT2D eigenvalue weighted by atomic mass is 10.0. The Bertz CT molecular complexity index is 1080. The Labute approximate surface area is 163 Å². The minimum absolute atomic E-state index is 0.0261. The van der Waals surface area contributed by atoms with Gasteiger partial charge >= 0.3 is 0 Å². The predicted molar refractivity (Wildman–Crippen MR) is 111 cm³/mol. The highest BCUT2D eigenvalue weighted by Gasteiger charge is 2.41. The molecule has 0 aromatic carbocycles. The lowest BCUT2D eigenvalue weighted by Crippen LogP contribution is -2.16. The number of aryl methyl sites for hydroxylation is 1. The normalized spacial score (nSPS) is 18.5. The third kappa shape index (κ3) is 3.43. The first kappa shape index (κ1) is 18.0. The van der Waals surface area contributed by atoms with Gasteiger partial charge in [-0.1, -0.05) is 6.92 Å². The van der Waals surface area contributed by atoms with E-state index in [1.807, 2.05) is 24.4 Å². The van der Waals surface area contributed by atoms with Crippen LogP contribution in [0, 0.1) is 11.8 Å². The number of fused-ring (bicyclic) bond motifs is 1. The van der Waals surface area contributed by atoms with Crippen LogP contribution in [0.15, 0.2) is 41.8 Å². The molecule has 0 bridgehead atoms. The Morgan fingerprint density at radius 3 is 3.04 bits per heavy atom. The molecule has 7 heteroatoms. The van der Waals surface area contributed by atoms with Crippen molar-refractivity contribution in [1.29, 1.82) is 0 Å². The van der Waals surface area contributed by atoms with Gasteiger partial charge in [-0.15, -0.1) is 0 Å². The van der Waals surface area contributed by atoms with Crippen molar-refractivity contribution in [2.75, 3.05) is 18.1 Å². The summed E-state index contributed by atoms with van der Waals surface area (Å²) in [6.07, 6.45) is 8.77. The summed E-state index contributed by atoms with van der Waals surface area (Å²) in [5.41, 5.74) is 9.05. The largest absolute Gasteiger partial charge is 0.383 e. The molecular weight excluding hydrogens is 352 g/mol. The number of aliphatic imine (C=N–C) groups is 1. The van der Waals surface area contributed by atoms with Crippen molar-refractivity contribution in [3.8, 4) is 11.3 Å². The topological polar surface area (TPSA) is 106 Å². The minimum atomic E-state index is -0.0282. The molecule has 3 heterocycles. The van der Waals surface area contributed by atoms with E-state index in [0.29, 0.717) is 11.6 Å². The molecule has 1 aliphatic rings. The molecule has 1 aliphatic carbocycles. The first-order valence-electron chi connectivity index (χ1n) is 9.33. The number of pyridine rings is 3. The highest BCUT2D eigenvalue weighted by molar-refractivity contribution is 5.99. The van der Waals surface area contributed by atoms with E-state index in [2.05, 4.69) is 32.2 Å². The van der Waals surface area contributed by atoms with Gasteiger partial charge in [0.1, 0.15) is 11.6 Å². The van der Waals surface area contributed by atoms with Gasteiger partial charge in [0.25, 0.3) is 0 Å². The average molecular weight is 374 g/mol. The van der Waals surface area contributed by atoms with Crippen LogP contribution in [-0.4, -0.2) is 34.1 Å². The number of hydrogen-bond donors (Lipinski definition) is 2. The molecule has 3 N–H and O–H groups in total. The zero-order valence-electron chi connectivity index (χ0n) is 15.9. The third-order valence-electron chi connectivity index (χ3n) is 5.08. The molecule has 2 atom stereocenters. The molecule has 0 spiro atoms. The third-order valence-corrected chi connectivity index (χ3v) is 5.08. The van der Waals surface area contributed by atoms with Crippen LogP contribution in [0.1, 0.15) is 18.9 Å². The zero-order chi connectivity index (χ0) is 19.7. The number of amides is 1. The summed E-state index contributed by atoms with van der Waals surface area (Å²) in [4.78, 5) is 29.5. The van der Waals surface area contributed by atoms with Crippen LogP contribution in [0.3, 0.4) is 0 Å². The van der Waals surface area contributed by atoms with Gasteiger partial charge in [-0.25, -0.2) is 9.97 Å². The number of nitrogens with two attached hydrogens (primary N) is 1. The second-order valence-corrected chi connectivity index (χ2v) is 6.97. The summed E-state index contributed by atoms with van der Waals surface area (Å²) in [6, 6.07) is 5.78. The lowest BCUT2D eigenvalue weighted by molar-refractivity contribution is -0.117. The van der Waals surface area contributed by atoms with Gasteiger partial charge in [0.15, 0.2) is 0 Å². The van der Waals surface area contributed by atoms with Gasteiger partial charge in [0.05, 0.1) is 5.69 Å². The molecule has 1 amide bonds. The zero-order valence-corrected chi connectivity index (χ0v) is 15.9. The average Bonchev–Trinajstić information content (AvgIpc) is 3.47. The maximum Gasteiger partial charge on any atom is 0.229 e. The molecule has 142 valence electrons. The highest BCUT2D eigenvalue weighted by Crippen LogP contribution is 2.38. The molecular formula is C21H22N6O. The van der Waals surface area contributed by atoms with Crippen molar-refractivity contribution >= 4 is 34.5 Å². The van der Waals surface area contributed by atoms with Gasteiger partial charge in [-0.2, -0.15) is 0 Å². The molecule has 0 radical (unpaired) electrons. The van der Waals surface area contributed by atoms with Crippen molar-refractivity contribution in [1.82, 2.24) is 15.0 Å². The first-order chi connectivity index (χ1) is 13.6. The summed E-state index contributed by atoms with van der Waals surface area (Å²) >= 11 is 0. The smallest absolute Gasteiger partial charge is 0.229 e. The summed E-state index contributed by atoms with van der Waals surface area (Å²) in [7, 11) is 1.72. The van der Waals surface area contributed by atoms with Crippen LogP contribution in [0.5, 0.6) is 0 Å². The molecule has 28 heavy (non-hydrogen) atoms. The van der Waals surface area contributed by atoms with Crippen molar-refractivity contribution in [3.63, 3.8) is 0 Å². The van der Waals surface area contributed by atoms with Crippen LogP contribution in [-0.2, 0) is 11.2 Å². The molecule has 7 nitrogen and oxygen atoms in total. The Hall–Kier alpha value is -3.35. The number of rotatable bonds is 5. The second-order valence-electron chi connectivity index (χ2n) is 6.97. The number of carbonyl (C=O) groups is 1. The maximum absolute atomic E-state index is 12.4. The summed E-state index contributed by atoms with van der Waals surface area (Å²) in [6.45, 7) is 2.09. The van der Waals surface area contributed by atoms with E-state index in [1.54, 1.807) is 25.6 Å². The molecule has 3 aromatic rings. The summed E-state index contributed by atoms with van der Waals surface area (Å²) < 4.78 is 0. The summed E-state index contributed by atoms with van der Waals surface area (Å²) in [5, 5.41) is 4.53. The Morgan fingerprint density at radius 2 is 2.25 bits per heavy atom. The molecule has 0 unspecified atom stereocenters. The number of nitrogens with one attached hydrogen (secondary N) is 1. The fourth-order valence-corrected chi connectivity index (χ4v) is 3.43. The number of anilines is 2. The van der Waals surface area contributed by atoms with E-state index in [-0.39, 0.29) is 17.7 Å². The SMILES string of the molecule is CCc1ccncc1-c1cc2cc(NC(=O)[C@H]3C[C@@H]3/C=N\C)ncc2c(N)n1. The molecule has 1 fully saturated rings. The van der Waals surface area contributed by atoms with E-state index in [0.717, 1.165) is 40.4 Å². The van der Waals surface area contributed by atoms with Gasteiger partial charge in [-0.3, -0.25) is 9.78 Å². The van der Waals surface area contributed by atoms with Crippen LogP contribution >= 0.6 is 0 Å². The number of hydrogen-bond acceptors (Lipinski definition) is 6. The fraction of sp³-hybridized carbons (Fsp3) is 0.286. The van der Waals surface area contributed by atoms with Gasteiger partial charge in [-0.05, 0) is 42.0 Å². The van der Waals surface area contributed by atoms with Crippen molar-refractivity contribution in [2.45, 2.75) is 19.8 Å². The number of aromatic nitrogens is 3. The number of nitrogens with zero attached hydrogens (tertiary/aromatic N) is 4. The van der Waals surface area contributed by atoms with Crippen molar-refractivity contribution in [2.24, 2.45) is 16.8 Å². The molecule has 0 aliphatic heterocycles. The second kappa shape index (κ2) is 7.34. The first-order valence-corrected chi connectivity index (χ1v) is 9.33. The molecule has 4 rings (SSSR count). The van der Waals surface area contributed by atoms with Gasteiger partial charge < -0.3 is 16.0 Å². The van der Waals surface area contributed by atoms with Crippen LogP contribution < -0.4 is 11.1 Å². The van der Waals surface area contributed by atoms with E-state index < -0.39 is 0 Å². The predicted octanol–water partition coefficient (Wildman–Crippen LogP) is 3.11. The molecule has 1 saturated carbocycles. The monoisotopic (exact) mass is 374 g/mol. The van der Waals surface area contributed by atoms with Crippen LogP contribution in [0.2, 0.25) is 0 Å². The maximum atomic E-state index is 12.4. The van der Waals surface area contributed by atoms with E-state index >= 15 is 0 Å². The van der Waals surface area contributed by atoms with Gasteiger partial charge in [0, 0.05) is 54.6 Å². The van der Waals surface area contributed by atoms with Crippen LogP contribution in [0.25, 0.3) is 22.0 Å². The van der Waals surface area contributed by atoms with Crippen LogP contribution in [0.4, 0.5) is 11.6 Å². The molecule has 0 saturated heterocycles. The van der Waals surface area contributed by atoms with Crippen molar-refractivity contribution < 1.29 is 4.79 Å². The molecule has 3 aromatic heterocycles. The van der Waals surface area contributed by atoms with E-state index in [9.17, 15) is 4.79 Å². The number of nitrogen functional groups attached to an aromatic ring is 1. The van der Waals surface area contributed by atoms with Crippen molar-refractivity contribution in [3.05, 3.63) is 42.4 Å². The minimum Gasteiger partial charge on any atom is -0.383 e. The Kier molecular flexibility index (Phi) is 4.73.